The third-order valence-electron chi connectivity index (χ3n) is 6.09. The second kappa shape index (κ2) is 8.78. The Labute approximate surface area is 180 Å². The number of aromatic nitrogens is 1. The van der Waals surface area contributed by atoms with Crippen LogP contribution in [0.25, 0.3) is 22.2 Å². The number of amides is 1. The van der Waals surface area contributed by atoms with E-state index in [4.69, 9.17) is 4.42 Å². The molecule has 2 aromatic carbocycles. The molecule has 0 bridgehead atoms. The molecule has 3 unspecified atom stereocenters. The normalized spacial score (nSPS) is 19.6. The maximum absolute atomic E-state index is 12.6. The Morgan fingerprint density at radius 3 is 2.74 bits per heavy atom. The summed E-state index contributed by atoms with van der Waals surface area (Å²) in [7, 11) is 1.68. The number of nitriles is 1. The third kappa shape index (κ3) is 4.39. The van der Waals surface area contributed by atoms with Crippen LogP contribution in [-0.2, 0) is 18.3 Å². The number of benzene rings is 2. The molecule has 2 N–H and O–H groups in total. The number of nitrogens with zero attached hydrogens (tertiary/aromatic N) is 2. The van der Waals surface area contributed by atoms with E-state index >= 15 is 0 Å². The summed E-state index contributed by atoms with van der Waals surface area (Å²) in [6.07, 6.45) is 2.27. The zero-order valence-electron chi connectivity index (χ0n) is 17.7. The van der Waals surface area contributed by atoms with Crippen LogP contribution in [0, 0.1) is 17.2 Å². The second-order valence-corrected chi connectivity index (χ2v) is 8.19. The van der Waals surface area contributed by atoms with Gasteiger partial charge in [0.1, 0.15) is 6.04 Å². The summed E-state index contributed by atoms with van der Waals surface area (Å²) in [6.45, 7) is 2.95. The van der Waals surface area contributed by atoms with Gasteiger partial charge in [-0.1, -0.05) is 30.3 Å². The highest BCUT2D eigenvalue weighted by atomic mass is 16.4. The molecular weight excluding hydrogens is 392 g/mol. The van der Waals surface area contributed by atoms with E-state index < -0.39 is 6.04 Å². The van der Waals surface area contributed by atoms with Crippen molar-refractivity contribution in [3.63, 3.8) is 0 Å². The standard InChI is InChI=1S/C24H26N4O3/c1-15-20(4-3-11-26-15)23(29)27-19(14-25)12-16-5-7-17(8-6-16)18-9-10-22-21(13-18)28(2)24(30)31-22/h5-10,13,15,19-20,26H,3-4,11-12H2,1-2H3,(H,27,29). The molecule has 1 fully saturated rings. The minimum absolute atomic E-state index is 0.0538. The smallest absolute Gasteiger partial charge is 0.408 e. The Kier molecular flexibility index (Phi) is 5.92. The largest absolute Gasteiger partial charge is 0.419 e. The number of hydrogen-bond acceptors (Lipinski definition) is 5. The van der Waals surface area contributed by atoms with Gasteiger partial charge in [-0.05, 0) is 55.1 Å². The zero-order valence-corrected chi connectivity index (χ0v) is 17.7. The molecule has 4 rings (SSSR count). The Hall–Kier alpha value is -3.37. The molecule has 2 heterocycles. The van der Waals surface area contributed by atoms with Gasteiger partial charge in [0.25, 0.3) is 0 Å². The van der Waals surface area contributed by atoms with Crippen LogP contribution in [0.5, 0.6) is 0 Å². The quantitative estimate of drug-likeness (QED) is 0.664. The molecule has 0 spiro atoms. The lowest BCUT2D eigenvalue weighted by molar-refractivity contribution is -0.126. The lowest BCUT2D eigenvalue weighted by atomic mass is 9.91. The van der Waals surface area contributed by atoms with Gasteiger partial charge in [-0.2, -0.15) is 5.26 Å². The first kappa shape index (κ1) is 20.9. The van der Waals surface area contributed by atoms with Gasteiger partial charge < -0.3 is 15.1 Å². The van der Waals surface area contributed by atoms with Crippen LogP contribution >= 0.6 is 0 Å². The molecule has 1 aliphatic heterocycles. The number of oxazole rings is 1. The fourth-order valence-electron chi connectivity index (χ4n) is 4.19. The highest BCUT2D eigenvalue weighted by Gasteiger charge is 2.28. The molecule has 7 nitrogen and oxygen atoms in total. The van der Waals surface area contributed by atoms with Crippen molar-refractivity contribution >= 4 is 17.0 Å². The van der Waals surface area contributed by atoms with E-state index in [1.165, 1.54) is 4.57 Å². The van der Waals surface area contributed by atoms with E-state index in [1.54, 1.807) is 13.1 Å². The molecular formula is C24H26N4O3. The number of carbonyl (C=O) groups is 1. The van der Waals surface area contributed by atoms with Crippen LogP contribution in [-0.4, -0.2) is 29.1 Å². The van der Waals surface area contributed by atoms with E-state index in [2.05, 4.69) is 16.7 Å². The van der Waals surface area contributed by atoms with E-state index in [0.717, 1.165) is 41.6 Å². The van der Waals surface area contributed by atoms with Crippen molar-refractivity contribution in [2.75, 3.05) is 6.54 Å². The SMILES string of the molecule is CC1NCCCC1C(=O)NC(C#N)Cc1ccc(-c2ccc3oc(=O)n(C)c3c2)cc1. The minimum atomic E-state index is -0.565. The Morgan fingerprint density at radius 2 is 2.03 bits per heavy atom. The summed E-state index contributed by atoms with van der Waals surface area (Å²) in [5.74, 6) is -0.534. The zero-order chi connectivity index (χ0) is 22.0. The highest BCUT2D eigenvalue weighted by Crippen LogP contribution is 2.24. The summed E-state index contributed by atoms with van der Waals surface area (Å²) in [4.78, 5) is 24.3. The number of piperidine rings is 1. The summed E-state index contributed by atoms with van der Waals surface area (Å²) < 4.78 is 6.67. The maximum Gasteiger partial charge on any atom is 0.419 e. The Bertz CT molecular complexity index is 1190. The van der Waals surface area contributed by atoms with E-state index in [0.29, 0.717) is 12.0 Å². The number of aryl methyl sites for hydroxylation is 1. The molecule has 1 aliphatic rings. The monoisotopic (exact) mass is 418 g/mol. The molecule has 1 saturated heterocycles. The van der Waals surface area contributed by atoms with Gasteiger partial charge in [-0.25, -0.2) is 4.79 Å². The lowest BCUT2D eigenvalue weighted by Gasteiger charge is -2.29. The van der Waals surface area contributed by atoms with Crippen molar-refractivity contribution < 1.29 is 9.21 Å². The molecule has 7 heteroatoms. The van der Waals surface area contributed by atoms with Gasteiger partial charge in [-0.3, -0.25) is 9.36 Å². The van der Waals surface area contributed by atoms with Crippen molar-refractivity contribution in [1.82, 2.24) is 15.2 Å². The van der Waals surface area contributed by atoms with Gasteiger partial charge in [0, 0.05) is 19.5 Å². The summed E-state index contributed by atoms with van der Waals surface area (Å²) in [5.41, 5.74) is 4.24. The van der Waals surface area contributed by atoms with Gasteiger partial charge in [0.2, 0.25) is 5.91 Å². The molecule has 0 saturated carbocycles. The second-order valence-electron chi connectivity index (χ2n) is 8.19. The lowest BCUT2D eigenvalue weighted by Crippen LogP contribution is -2.49. The van der Waals surface area contributed by atoms with Gasteiger partial charge >= 0.3 is 5.76 Å². The molecule has 0 aliphatic carbocycles. The van der Waals surface area contributed by atoms with Gasteiger partial charge in [-0.15, -0.1) is 0 Å². The third-order valence-corrected chi connectivity index (χ3v) is 6.09. The molecule has 3 aromatic rings. The van der Waals surface area contributed by atoms with Crippen LogP contribution in [0.3, 0.4) is 0 Å². The van der Waals surface area contributed by atoms with Crippen LogP contribution < -0.4 is 16.4 Å². The van der Waals surface area contributed by atoms with Crippen molar-refractivity contribution in [1.29, 1.82) is 5.26 Å². The Balaban J connectivity index is 1.45. The number of hydrogen-bond donors (Lipinski definition) is 2. The van der Waals surface area contributed by atoms with E-state index in [9.17, 15) is 14.9 Å². The fourth-order valence-corrected chi connectivity index (χ4v) is 4.19. The number of carbonyl (C=O) groups excluding carboxylic acids is 1. The molecule has 160 valence electrons. The molecule has 1 amide bonds. The van der Waals surface area contributed by atoms with Crippen LogP contribution in [0.2, 0.25) is 0 Å². The average molecular weight is 418 g/mol. The molecule has 0 radical (unpaired) electrons. The predicted molar refractivity (Wildman–Crippen MR) is 118 cm³/mol. The molecule has 31 heavy (non-hydrogen) atoms. The van der Waals surface area contributed by atoms with Gasteiger partial charge in [0.05, 0.1) is 17.5 Å². The van der Waals surface area contributed by atoms with Crippen molar-refractivity contribution in [3.05, 3.63) is 58.6 Å². The topological polar surface area (TPSA) is 100 Å². The average Bonchev–Trinajstić information content (AvgIpc) is 3.07. The Morgan fingerprint density at radius 1 is 1.29 bits per heavy atom. The maximum atomic E-state index is 12.6. The summed E-state index contributed by atoms with van der Waals surface area (Å²) in [6, 6.07) is 15.3. The summed E-state index contributed by atoms with van der Waals surface area (Å²) >= 11 is 0. The molecule has 3 atom stereocenters. The van der Waals surface area contributed by atoms with E-state index in [1.807, 2.05) is 43.3 Å². The van der Waals surface area contributed by atoms with Crippen molar-refractivity contribution in [2.45, 2.75) is 38.3 Å². The van der Waals surface area contributed by atoms with E-state index in [-0.39, 0.29) is 23.6 Å². The van der Waals surface area contributed by atoms with Crippen LogP contribution in [0.1, 0.15) is 25.3 Å². The number of nitrogens with one attached hydrogen (secondary N) is 2. The first-order valence-corrected chi connectivity index (χ1v) is 10.6. The summed E-state index contributed by atoms with van der Waals surface area (Å²) in [5, 5.41) is 15.8. The van der Waals surface area contributed by atoms with Crippen LogP contribution in [0.15, 0.2) is 51.7 Å². The highest BCUT2D eigenvalue weighted by molar-refractivity contribution is 5.81. The fraction of sp³-hybridized carbons (Fsp3) is 0.375. The minimum Gasteiger partial charge on any atom is -0.408 e. The molecule has 1 aromatic heterocycles. The predicted octanol–water partition coefficient (Wildman–Crippen LogP) is 2.74. The first-order valence-electron chi connectivity index (χ1n) is 10.6. The first-order chi connectivity index (χ1) is 15.0. The number of rotatable bonds is 5. The van der Waals surface area contributed by atoms with Gasteiger partial charge in [0.15, 0.2) is 5.58 Å². The van der Waals surface area contributed by atoms with Crippen molar-refractivity contribution in [3.8, 4) is 17.2 Å². The number of fused-ring (bicyclic) bond motifs is 1. The van der Waals surface area contributed by atoms with Crippen molar-refractivity contribution in [2.24, 2.45) is 13.0 Å². The van der Waals surface area contributed by atoms with Crippen LogP contribution in [0.4, 0.5) is 0 Å².